The molecule has 3 aromatic rings. The fourth-order valence-corrected chi connectivity index (χ4v) is 3.99. The summed E-state index contributed by atoms with van der Waals surface area (Å²) in [5.41, 5.74) is 1.76. The Hall–Kier alpha value is -2.29. The minimum Gasteiger partial charge on any atom is -0.494 e. The first-order chi connectivity index (χ1) is 12.1. The molecule has 1 N–H and O–H groups in total. The van der Waals surface area contributed by atoms with Crippen molar-refractivity contribution >= 4 is 21.4 Å². The van der Waals surface area contributed by atoms with Crippen LogP contribution in [0.2, 0.25) is 0 Å². The molecule has 0 radical (unpaired) electrons. The maximum atomic E-state index is 12.4. The highest BCUT2D eigenvalue weighted by Gasteiger charge is 2.15. The first-order valence-corrected chi connectivity index (χ1v) is 10.0. The van der Waals surface area contributed by atoms with Crippen molar-refractivity contribution in [3.63, 3.8) is 0 Å². The van der Waals surface area contributed by atoms with E-state index in [9.17, 15) is 8.42 Å². The molecule has 8 heteroatoms. The number of nitrogens with zero attached hydrogens (tertiary/aromatic N) is 2. The van der Waals surface area contributed by atoms with Crippen molar-refractivity contribution in [1.82, 2.24) is 14.7 Å². The molecule has 25 heavy (non-hydrogen) atoms. The number of nitrogens with one attached hydrogen (secondary N) is 1. The van der Waals surface area contributed by atoms with Crippen LogP contribution in [0, 0.1) is 0 Å². The first kappa shape index (κ1) is 17.5. The zero-order valence-corrected chi connectivity index (χ0v) is 15.2. The van der Waals surface area contributed by atoms with Crippen molar-refractivity contribution in [1.29, 1.82) is 0 Å². The third-order valence-electron chi connectivity index (χ3n) is 3.39. The Kier molecular flexibility index (Phi) is 5.42. The quantitative estimate of drug-likeness (QED) is 0.686. The van der Waals surface area contributed by atoms with E-state index in [2.05, 4.69) is 14.7 Å². The van der Waals surface area contributed by atoms with Gasteiger partial charge in [-0.2, -0.15) is 0 Å². The summed E-state index contributed by atoms with van der Waals surface area (Å²) in [5, 5.41) is 2.59. The molecular weight excluding hydrogens is 358 g/mol. The number of rotatable bonds is 7. The zero-order chi connectivity index (χ0) is 17.7. The Morgan fingerprint density at radius 3 is 2.52 bits per heavy atom. The summed E-state index contributed by atoms with van der Waals surface area (Å²) >= 11 is 1.41. The number of ether oxygens (including phenoxy) is 1. The maximum absolute atomic E-state index is 12.4. The molecule has 0 spiro atoms. The van der Waals surface area contributed by atoms with E-state index in [1.165, 1.54) is 23.5 Å². The van der Waals surface area contributed by atoms with Crippen LogP contribution in [0.15, 0.2) is 59.1 Å². The Balaban J connectivity index is 1.67. The Morgan fingerprint density at radius 2 is 1.84 bits per heavy atom. The number of hydrogen-bond donors (Lipinski definition) is 1. The van der Waals surface area contributed by atoms with Crippen molar-refractivity contribution in [2.45, 2.75) is 18.4 Å². The second-order valence-electron chi connectivity index (χ2n) is 5.09. The lowest BCUT2D eigenvalue weighted by Gasteiger charge is -2.07. The summed E-state index contributed by atoms with van der Waals surface area (Å²) in [7, 11) is -3.59. The summed E-state index contributed by atoms with van der Waals surface area (Å²) in [5.74, 6) is 0.642. The number of hydrogen-bond acceptors (Lipinski definition) is 6. The molecule has 0 aliphatic rings. The van der Waals surface area contributed by atoms with E-state index in [1.807, 2.05) is 24.4 Å². The second-order valence-corrected chi connectivity index (χ2v) is 7.80. The standard InChI is InChI=1S/C17H17N3O3S2/c1-2-23-14-3-5-15(6-4-14)25(21,22)19-11-17-20-16(12-24-17)13-7-9-18-10-8-13/h3-10,12,19H,2,11H2,1H3. The second kappa shape index (κ2) is 7.73. The van der Waals surface area contributed by atoms with Crippen LogP contribution in [0.1, 0.15) is 11.9 Å². The van der Waals surface area contributed by atoms with E-state index in [-0.39, 0.29) is 11.4 Å². The van der Waals surface area contributed by atoms with Gasteiger partial charge < -0.3 is 4.74 Å². The fraction of sp³-hybridized carbons (Fsp3) is 0.176. The van der Waals surface area contributed by atoms with E-state index >= 15 is 0 Å². The van der Waals surface area contributed by atoms with Crippen molar-refractivity contribution in [3.05, 3.63) is 59.2 Å². The predicted octanol–water partition coefficient (Wildman–Crippen LogP) is 3.08. The molecule has 130 valence electrons. The van der Waals surface area contributed by atoms with Crippen molar-refractivity contribution in [2.75, 3.05) is 6.61 Å². The highest BCUT2D eigenvalue weighted by molar-refractivity contribution is 7.89. The predicted molar refractivity (Wildman–Crippen MR) is 97.0 cm³/mol. The molecular formula is C17H17N3O3S2. The molecule has 0 saturated carbocycles. The van der Waals surface area contributed by atoms with Gasteiger partial charge in [-0.05, 0) is 43.3 Å². The largest absolute Gasteiger partial charge is 0.494 e. The highest BCUT2D eigenvalue weighted by Crippen LogP contribution is 2.21. The third kappa shape index (κ3) is 4.41. The molecule has 0 aliphatic carbocycles. The SMILES string of the molecule is CCOc1ccc(S(=O)(=O)NCc2nc(-c3ccncc3)cs2)cc1. The summed E-state index contributed by atoms with van der Waals surface area (Å²) in [6.45, 7) is 2.56. The molecule has 3 rings (SSSR count). The molecule has 0 bridgehead atoms. The topological polar surface area (TPSA) is 81.2 Å². The zero-order valence-electron chi connectivity index (χ0n) is 13.5. The Morgan fingerprint density at radius 1 is 1.12 bits per heavy atom. The number of thiazole rings is 1. The summed E-state index contributed by atoms with van der Waals surface area (Å²) < 4.78 is 32.6. The van der Waals surface area contributed by atoms with Gasteiger partial charge in [0.05, 0.1) is 23.7 Å². The monoisotopic (exact) mass is 375 g/mol. The molecule has 0 unspecified atom stereocenters. The van der Waals surface area contributed by atoms with Gasteiger partial charge in [-0.1, -0.05) is 0 Å². The van der Waals surface area contributed by atoms with Gasteiger partial charge in [-0.25, -0.2) is 18.1 Å². The van der Waals surface area contributed by atoms with Crippen LogP contribution in [-0.2, 0) is 16.6 Å². The maximum Gasteiger partial charge on any atom is 0.240 e. The van der Waals surface area contributed by atoms with Crippen molar-refractivity contribution < 1.29 is 13.2 Å². The van der Waals surface area contributed by atoms with Crippen molar-refractivity contribution in [2.24, 2.45) is 0 Å². The van der Waals surface area contributed by atoms with Gasteiger partial charge >= 0.3 is 0 Å². The van der Waals surface area contributed by atoms with Gasteiger partial charge in [0, 0.05) is 23.3 Å². The molecule has 1 aromatic carbocycles. The summed E-state index contributed by atoms with van der Waals surface area (Å²) in [6, 6.07) is 10.1. The highest BCUT2D eigenvalue weighted by atomic mass is 32.2. The van der Waals surface area contributed by atoms with Gasteiger partial charge in [0.1, 0.15) is 10.8 Å². The number of benzene rings is 1. The van der Waals surface area contributed by atoms with Crippen LogP contribution in [0.25, 0.3) is 11.3 Å². The van der Waals surface area contributed by atoms with E-state index in [4.69, 9.17) is 4.74 Å². The van der Waals surface area contributed by atoms with E-state index in [0.29, 0.717) is 17.4 Å². The van der Waals surface area contributed by atoms with Crippen LogP contribution in [0.4, 0.5) is 0 Å². The van der Waals surface area contributed by atoms with Crippen LogP contribution in [0.5, 0.6) is 5.75 Å². The minimum absolute atomic E-state index is 0.144. The van der Waals surface area contributed by atoms with Crippen molar-refractivity contribution in [3.8, 4) is 17.0 Å². The van der Waals surface area contributed by atoms with Crippen LogP contribution in [-0.4, -0.2) is 25.0 Å². The van der Waals surface area contributed by atoms with Crippen LogP contribution >= 0.6 is 11.3 Å². The molecule has 0 fully saturated rings. The summed E-state index contributed by atoms with van der Waals surface area (Å²) in [4.78, 5) is 8.63. The summed E-state index contributed by atoms with van der Waals surface area (Å²) in [6.07, 6.45) is 3.39. The average Bonchev–Trinajstić information content (AvgIpc) is 3.11. The van der Waals surface area contributed by atoms with Gasteiger partial charge in [0.2, 0.25) is 10.0 Å². The average molecular weight is 375 g/mol. The third-order valence-corrected chi connectivity index (χ3v) is 5.65. The van der Waals surface area contributed by atoms with E-state index in [0.717, 1.165) is 11.3 Å². The molecule has 6 nitrogen and oxygen atoms in total. The lowest BCUT2D eigenvalue weighted by molar-refractivity contribution is 0.340. The Bertz CT molecular complexity index is 923. The fourth-order valence-electron chi connectivity index (χ4n) is 2.17. The molecule has 2 aromatic heterocycles. The van der Waals surface area contributed by atoms with Gasteiger partial charge in [-0.3, -0.25) is 4.98 Å². The smallest absolute Gasteiger partial charge is 0.240 e. The molecule has 2 heterocycles. The van der Waals surface area contributed by atoms with Gasteiger partial charge in [-0.15, -0.1) is 11.3 Å². The lowest BCUT2D eigenvalue weighted by atomic mass is 10.2. The number of aromatic nitrogens is 2. The number of pyridine rings is 1. The van der Waals surface area contributed by atoms with Crippen LogP contribution < -0.4 is 9.46 Å². The molecule has 0 aliphatic heterocycles. The molecule has 0 saturated heterocycles. The normalized spacial score (nSPS) is 11.4. The minimum atomic E-state index is -3.59. The van der Waals surface area contributed by atoms with E-state index in [1.54, 1.807) is 24.5 Å². The van der Waals surface area contributed by atoms with Crippen LogP contribution in [0.3, 0.4) is 0 Å². The molecule has 0 atom stereocenters. The van der Waals surface area contributed by atoms with Gasteiger partial charge in [0.25, 0.3) is 0 Å². The lowest BCUT2D eigenvalue weighted by Crippen LogP contribution is -2.23. The van der Waals surface area contributed by atoms with E-state index < -0.39 is 10.0 Å². The molecule has 0 amide bonds. The van der Waals surface area contributed by atoms with Gasteiger partial charge in [0.15, 0.2) is 0 Å². The Labute approximate surface area is 150 Å². The first-order valence-electron chi connectivity index (χ1n) is 7.66. The number of sulfonamides is 1.